The third kappa shape index (κ3) is 3.83. The van der Waals surface area contributed by atoms with Crippen molar-refractivity contribution in [1.82, 2.24) is 4.98 Å². The average molecular weight is 465 g/mol. The van der Waals surface area contributed by atoms with E-state index in [4.69, 9.17) is 9.15 Å². The number of benzene rings is 3. The summed E-state index contributed by atoms with van der Waals surface area (Å²) in [7, 11) is 1.57. The van der Waals surface area contributed by atoms with Crippen molar-refractivity contribution in [2.45, 2.75) is 20.3 Å². The zero-order chi connectivity index (χ0) is 21.3. The van der Waals surface area contributed by atoms with E-state index in [1.807, 2.05) is 49.4 Å². The Kier molecular flexibility index (Phi) is 5.59. The summed E-state index contributed by atoms with van der Waals surface area (Å²) < 4.78 is 12.2. The number of para-hydroxylation sites is 1. The SMILES string of the molecule is CCc1cc(Br)c2oc(-c3ccc(NC(=O)c4cccc(C)c4OC)cc3)nc2c1. The number of oxazole rings is 1. The van der Waals surface area contributed by atoms with E-state index in [0.717, 1.165) is 33.1 Å². The summed E-state index contributed by atoms with van der Waals surface area (Å²) in [6.07, 6.45) is 0.927. The number of fused-ring (bicyclic) bond motifs is 1. The number of nitrogens with one attached hydrogen (secondary N) is 1. The molecule has 0 bridgehead atoms. The third-order valence-corrected chi connectivity index (χ3v) is 5.55. The van der Waals surface area contributed by atoms with Crippen molar-refractivity contribution in [3.05, 3.63) is 75.8 Å². The maximum atomic E-state index is 12.7. The van der Waals surface area contributed by atoms with Gasteiger partial charge in [0.15, 0.2) is 5.58 Å². The van der Waals surface area contributed by atoms with Crippen molar-refractivity contribution in [3.8, 4) is 17.2 Å². The molecule has 0 aliphatic carbocycles. The number of nitrogens with zero attached hydrogens (tertiary/aromatic N) is 1. The first-order valence-corrected chi connectivity index (χ1v) is 10.4. The highest BCUT2D eigenvalue weighted by Gasteiger charge is 2.15. The number of amides is 1. The van der Waals surface area contributed by atoms with E-state index in [0.29, 0.717) is 22.9 Å². The van der Waals surface area contributed by atoms with E-state index in [-0.39, 0.29) is 5.91 Å². The molecule has 6 heteroatoms. The van der Waals surface area contributed by atoms with Gasteiger partial charge in [-0.2, -0.15) is 0 Å². The van der Waals surface area contributed by atoms with Gasteiger partial charge in [-0.05, 0) is 82.9 Å². The Balaban J connectivity index is 1.58. The van der Waals surface area contributed by atoms with Gasteiger partial charge in [0.05, 0.1) is 17.1 Å². The van der Waals surface area contributed by atoms with E-state index in [1.54, 1.807) is 13.2 Å². The first kappa shape index (κ1) is 20.2. The zero-order valence-electron chi connectivity index (χ0n) is 17.0. The lowest BCUT2D eigenvalue weighted by molar-refractivity contribution is 0.102. The van der Waals surface area contributed by atoms with Crippen LogP contribution in [0.4, 0.5) is 5.69 Å². The number of aromatic nitrogens is 1. The van der Waals surface area contributed by atoms with Gasteiger partial charge in [0.25, 0.3) is 5.91 Å². The van der Waals surface area contributed by atoms with Gasteiger partial charge in [0, 0.05) is 11.3 Å². The molecule has 1 amide bonds. The van der Waals surface area contributed by atoms with Gasteiger partial charge in [0.2, 0.25) is 5.89 Å². The first-order valence-electron chi connectivity index (χ1n) is 9.64. The standard InChI is InChI=1S/C24H21BrN2O3/c1-4-15-12-19(25)22-20(13-15)27-24(30-22)16-8-10-17(11-9-16)26-23(28)18-7-5-6-14(2)21(18)29-3/h5-13H,4H2,1-3H3,(H,26,28). The summed E-state index contributed by atoms with van der Waals surface area (Å²) in [4.78, 5) is 17.3. The Hall–Kier alpha value is -3.12. The highest BCUT2D eigenvalue weighted by Crippen LogP contribution is 2.31. The molecule has 1 aromatic heterocycles. The number of ether oxygens (including phenoxy) is 1. The predicted molar refractivity (Wildman–Crippen MR) is 122 cm³/mol. The van der Waals surface area contributed by atoms with E-state index in [9.17, 15) is 4.79 Å². The summed E-state index contributed by atoms with van der Waals surface area (Å²) in [5, 5.41) is 2.91. The molecule has 152 valence electrons. The molecule has 1 N–H and O–H groups in total. The Morgan fingerprint density at radius 3 is 2.63 bits per heavy atom. The molecule has 5 nitrogen and oxygen atoms in total. The fourth-order valence-corrected chi connectivity index (χ4v) is 3.95. The van der Waals surface area contributed by atoms with Gasteiger partial charge in [-0.25, -0.2) is 4.98 Å². The lowest BCUT2D eigenvalue weighted by Gasteiger charge is -2.11. The smallest absolute Gasteiger partial charge is 0.259 e. The van der Waals surface area contributed by atoms with Gasteiger partial charge in [-0.1, -0.05) is 19.1 Å². The maximum Gasteiger partial charge on any atom is 0.259 e. The molecule has 0 atom stereocenters. The van der Waals surface area contributed by atoms with Crippen LogP contribution < -0.4 is 10.1 Å². The highest BCUT2D eigenvalue weighted by molar-refractivity contribution is 9.10. The van der Waals surface area contributed by atoms with Crippen LogP contribution >= 0.6 is 15.9 Å². The normalized spacial score (nSPS) is 10.9. The number of rotatable bonds is 5. The van der Waals surface area contributed by atoms with E-state index >= 15 is 0 Å². The number of halogens is 1. The lowest BCUT2D eigenvalue weighted by Crippen LogP contribution is -2.13. The van der Waals surface area contributed by atoms with Crippen LogP contribution in [0, 0.1) is 6.92 Å². The minimum absolute atomic E-state index is 0.221. The lowest BCUT2D eigenvalue weighted by atomic mass is 10.1. The summed E-state index contributed by atoms with van der Waals surface area (Å²) in [5.41, 5.74) is 5.66. The van der Waals surface area contributed by atoms with Gasteiger partial charge < -0.3 is 14.5 Å². The topological polar surface area (TPSA) is 64.4 Å². The number of methoxy groups -OCH3 is 1. The van der Waals surface area contributed by atoms with Crippen molar-refractivity contribution in [2.75, 3.05) is 12.4 Å². The predicted octanol–water partition coefficient (Wildman–Crippen LogP) is 6.39. The zero-order valence-corrected chi connectivity index (χ0v) is 18.5. The molecule has 0 spiro atoms. The molecule has 4 aromatic rings. The van der Waals surface area contributed by atoms with Crippen LogP contribution in [0.1, 0.15) is 28.4 Å². The summed E-state index contributed by atoms with van der Waals surface area (Å²) in [6, 6.07) is 17.0. The van der Waals surface area contributed by atoms with Crippen molar-refractivity contribution in [1.29, 1.82) is 0 Å². The average Bonchev–Trinajstić information content (AvgIpc) is 3.18. The largest absolute Gasteiger partial charge is 0.496 e. The summed E-state index contributed by atoms with van der Waals surface area (Å²) in [5.74, 6) is 0.897. The van der Waals surface area contributed by atoms with Crippen LogP contribution in [-0.4, -0.2) is 18.0 Å². The van der Waals surface area contributed by atoms with Crippen molar-refractivity contribution in [2.24, 2.45) is 0 Å². The van der Waals surface area contributed by atoms with E-state index < -0.39 is 0 Å². The van der Waals surface area contributed by atoms with Gasteiger partial charge in [0.1, 0.15) is 11.3 Å². The van der Waals surface area contributed by atoms with Gasteiger partial charge in [-0.15, -0.1) is 0 Å². The molecular formula is C24H21BrN2O3. The monoisotopic (exact) mass is 464 g/mol. The number of hydrogen-bond acceptors (Lipinski definition) is 4. The molecule has 0 saturated heterocycles. The molecule has 4 rings (SSSR count). The molecule has 0 fully saturated rings. The minimum Gasteiger partial charge on any atom is -0.496 e. The molecule has 0 aliphatic rings. The molecular weight excluding hydrogens is 444 g/mol. The van der Waals surface area contributed by atoms with Crippen LogP contribution in [0.15, 0.2) is 63.5 Å². The van der Waals surface area contributed by atoms with Gasteiger partial charge in [-0.3, -0.25) is 4.79 Å². The van der Waals surface area contributed by atoms with Crippen molar-refractivity contribution >= 4 is 38.6 Å². The van der Waals surface area contributed by atoms with Crippen LogP contribution in [0.5, 0.6) is 5.75 Å². The van der Waals surface area contributed by atoms with Crippen LogP contribution in [0.3, 0.4) is 0 Å². The van der Waals surface area contributed by atoms with Crippen molar-refractivity contribution < 1.29 is 13.9 Å². The summed E-state index contributed by atoms with van der Waals surface area (Å²) >= 11 is 3.56. The Morgan fingerprint density at radius 1 is 1.17 bits per heavy atom. The number of carbonyl (C=O) groups excluding carboxylic acids is 1. The number of hydrogen-bond donors (Lipinski definition) is 1. The quantitative estimate of drug-likeness (QED) is 0.371. The molecule has 30 heavy (non-hydrogen) atoms. The molecule has 0 radical (unpaired) electrons. The Morgan fingerprint density at radius 2 is 1.93 bits per heavy atom. The van der Waals surface area contributed by atoms with E-state index in [1.165, 1.54) is 5.56 Å². The molecule has 0 saturated carbocycles. The van der Waals surface area contributed by atoms with Crippen molar-refractivity contribution in [3.63, 3.8) is 0 Å². The Bertz CT molecular complexity index is 1230. The second-order valence-corrected chi connectivity index (χ2v) is 7.84. The molecule has 1 heterocycles. The number of anilines is 1. The fourth-order valence-electron chi connectivity index (χ4n) is 3.37. The molecule has 0 aliphatic heterocycles. The van der Waals surface area contributed by atoms with Crippen LogP contribution in [-0.2, 0) is 6.42 Å². The second kappa shape index (κ2) is 8.32. The number of carbonyl (C=O) groups is 1. The van der Waals surface area contributed by atoms with E-state index in [2.05, 4.69) is 39.2 Å². The second-order valence-electron chi connectivity index (χ2n) is 6.99. The molecule has 0 unspecified atom stereocenters. The number of aryl methyl sites for hydroxylation is 2. The van der Waals surface area contributed by atoms with Crippen LogP contribution in [0.2, 0.25) is 0 Å². The van der Waals surface area contributed by atoms with Crippen LogP contribution in [0.25, 0.3) is 22.6 Å². The van der Waals surface area contributed by atoms with Gasteiger partial charge >= 0.3 is 0 Å². The minimum atomic E-state index is -0.221. The fraction of sp³-hybridized carbons (Fsp3) is 0.167. The highest BCUT2D eigenvalue weighted by atomic mass is 79.9. The third-order valence-electron chi connectivity index (χ3n) is 4.96. The molecule has 3 aromatic carbocycles. The summed E-state index contributed by atoms with van der Waals surface area (Å²) in [6.45, 7) is 4.01. The maximum absolute atomic E-state index is 12.7. The first-order chi connectivity index (χ1) is 14.5. The Labute approximate surface area is 183 Å².